The Kier molecular flexibility index (Phi) is 3.62. The van der Waals surface area contributed by atoms with Gasteiger partial charge in [-0.2, -0.15) is 0 Å². The number of nitrogens with one attached hydrogen (secondary N) is 1. The number of phenolic OH excluding ortho intramolecular Hbond substituents is 1. The van der Waals surface area contributed by atoms with Crippen molar-refractivity contribution >= 4 is 15.7 Å². The van der Waals surface area contributed by atoms with Crippen LogP contribution in [0.3, 0.4) is 0 Å². The molecule has 0 spiro atoms. The highest BCUT2D eigenvalue weighted by molar-refractivity contribution is 7.92. The van der Waals surface area contributed by atoms with Crippen LogP contribution in [0.25, 0.3) is 0 Å². The van der Waals surface area contributed by atoms with E-state index in [0.717, 1.165) is 6.26 Å². The number of benzene rings is 2. The zero-order valence-corrected chi connectivity index (χ0v) is 11.0. The fourth-order valence-corrected chi connectivity index (χ4v) is 2.06. The summed E-state index contributed by atoms with van der Waals surface area (Å²) >= 11 is 0. The van der Waals surface area contributed by atoms with Crippen molar-refractivity contribution in [3.8, 4) is 17.2 Å². The molecule has 0 radical (unpaired) electrons. The summed E-state index contributed by atoms with van der Waals surface area (Å²) in [7, 11) is -3.45. The minimum absolute atomic E-state index is 0.0495. The van der Waals surface area contributed by atoms with E-state index in [9.17, 15) is 13.5 Å². The van der Waals surface area contributed by atoms with Gasteiger partial charge < -0.3 is 9.84 Å². The van der Waals surface area contributed by atoms with E-state index in [1.54, 1.807) is 24.3 Å². The molecule has 19 heavy (non-hydrogen) atoms. The molecule has 2 rings (SSSR count). The maximum atomic E-state index is 11.3. The molecule has 2 aromatic rings. The standard InChI is InChI=1S/C13H13NO4S/c1-19(16,17)14-12-9-10(15)7-8-13(12)18-11-5-3-2-4-6-11/h2-9,14-15H,1H3. The first-order valence-corrected chi connectivity index (χ1v) is 7.37. The summed E-state index contributed by atoms with van der Waals surface area (Å²) in [4.78, 5) is 0. The Balaban J connectivity index is 2.34. The first kappa shape index (κ1) is 13.2. The third-order valence-electron chi connectivity index (χ3n) is 2.23. The first-order chi connectivity index (χ1) is 8.94. The summed E-state index contributed by atoms with van der Waals surface area (Å²) in [5.74, 6) is 0.839. The zero-order valence-electron chi connectivity index (χ0n) is 10.2. The second-order valence-electron chi connectivity index (χ2n) is 3.97. The molecular formula is C13H13NO4S. The summed E-state index contributed by atoms with van der Waals surface area (Å²) in [5, 5.41) is 9.41. The van der Waals surface area contributed by atoms with E-state index in [2.05, 4.69) is 4.72 Å². The molecule has 0 aliphatic heterocycles. The van der Waals surface area contributed by atoms with Crippen LogP contribution in [0.2, 0.25) is 0 Å². The van der Waals surface area contributed by atoms with Gasteiger partial charge in [0.2, 0.25) is 10.0 Å². The van der Waals surface area contributed by atoms with Gasteiger partial charge in [0.25, 0.3) is 0 Å². The number of hydrogen-bond donors (Lipinski definition) is 2. The summed E-state index contributed by atoms with van der Waals surface area (Å²) < 4.78 is 30.4. The Morgan fingerprint density at radius 1 is 1.11 bits per heavy atom. The van der Waals surface area contributed by atoms with Gasteiger partial charge in [-0.15, -0.1) is 0 Å². The molecule has 0 fully saturated rings. The Morgan fingerprint density at radius 2 is 1.79 bits per heavy atom. The van der Waals surface area contributed by atoms with Crippen LogP contribution in [-0.2, 0) is 10.0 Å². The molecular weight excluding hydrogens is 266 g/mol. The molecule has 6 heteroatoms. The van der Waals surface area contributed by atoms with Crippen LogP contribution in [0.15, 0.2) is 48.5 Å². The second kappa shape index (κ2) is 5.19. The van der Waals surface area contributed by atoms with E-state index in [-0.39, 0.29) is 11.4 Å². The second-order valence-corrected chi connectivity index (χ2v) is 5.72. The summed E-state index contributed by atoms with van der Waals surface area (Å²) in [6.07, 6.45) is 1.03. The SMILES string of the molecule is CS(=O)(=O)Nc1cc(O)ccc1Oc1ccccc1. The van der Waals surface area contributed by atoms with Crippen LogP contribution in [0.5, 0.6) is 17.2 Å². The van der Waals surface area contributed by atoms with Crippen molar-refractivity contribution in [2.75, 3.05) is 11.0 Å². The Labute approximate surface area is 111 Å². The molecule has 0 heterocycles. The van der Waals surface area contributed by atoms with Crippen molar-refractivity contribution in [3.63, 3.8) is 0 Å². The molecule has 0 saturated carbocycles. The molecule has 0 atom stereocenters. The summed E-state index contributed by atoms with van der Waals surface area (Å²) in [6, 6.07) is 13.2. The number of hydrogen-bond acceptors (Lipinski definition) is 4. The number of anilines is 1. The van der Waals surface area contributed by atoms with Gasteiger partial charge in [-0.05, 0) is 24.3 Å². The molecule has 100 valence electrons. The molecule has 0 aliphatic rings. The van der Waals surface area contributed by atoms with Crippen LogP contribution in [0.4, 0.5) is 5.69 Å². The molecule has 0 aliphatic carbocycles. The van der Waals surface area contributed by atoms with Crippen LogP contribution >= 0.6 is 0 Å². The lowest BCUT2D eigenvalue weighted by atomic mass is 10.3. The van der Waals surface area contributed by atoms with Crippen LogP contribution < -0.4 is 9.46 Å². The van der Waals surface area contributed by atoms with Crippen LogP contribution in [0.1, 0.15) is 0 Å². The average molecular weight is 279 g/mol. The van der Waals surface area contributed by atoms with E-state index in [1.807, 2.05) is 6.07 Å². The van der Waals surface area contributed by atoms with E-state index in [4.69, 9.17) is 4.74 Å². The lowest BCUT2D eigenvalue weighted by Crippen LogP contribution is -2.10. The highest BCUT2D eigenvalue weighted by Gasteiger charge is 2.10. The van der Waals surface area contributed by atoms with Gasteiger partial charge in [0.15, 0.2) is 5.75 Å². The van der Waals surface area contributed by atoms with Gasteiger partial charge in [-0.25, -0.2) is 8.42 Å². The molecule has 0 saturated heterocycles. The van der Waals surface area contributed by atoms with Gasteiger partial charge in [0, 0.05) is 6.07 Å². The maximum absolute atomic E-state index is 11.3. The number of sulfonamides is 1. The third-order valence-corrected chi connectivity index (χ3v) is 2.82. The molecule has 2 N–H and O–H groups in total. The topological polar surface area (TPSA) is 75.6 Å². The minimum atomic E-state index is -3.45. The maximum Gasteiger partial charge on any atom is 0.229 e. The van der Waals surface area contributed by atoms with Crippen molar-refractivity contribution in [1.29, 1.82) is 0 Å². The van der Waals surface area contributed by atoms with Crippen molar-refractivity contribution in [3.05, 3.63) is 48.5 Å². The Bertz CT molecular complexity index is 668. The van der Waals surface area contributed by atoms with E-state index in [1.165, 1.54) is 18.2 Å². The van der Waals surface area contributed by atoms with Crippen molar-refractivity contribution < 1.29 is 18.3 Å². The van der Waals surface area contributed by atoms with E-state index >= 15 is 0 Å². The monoisotopic (exact) mass is 279 g/mol. The summed E-state index contributed by atoms with van der Waals surface area (Å²) in [5.41, 5.74) is 0.186. The van der Waals surface area contributed by atoms with Crippen molar-refractivity contribution in [1.82, 2.24) is 0 Å². The molecule has 2 aromatic carbocycles. The average Bonchev–Trinajstić information content (AvgIpc) is 2.32. The van der Waals surface area contributed by atoms with Gasteiger partial charge in [-0.3, -0.25) is 4.72 Å². The Morgan fingerprint density at radius 3 is 2.42 bits per heavy atom. The largest absolute Gasteiger partial charge is 0.508 e. The highest BCUT2D eigenvalue weighted by Crippen LogP contribution is 2.32. The molecule has 0 amide bonds. The quantitative estimate of drug-likeness (QED) is 0.901. The third kappa shape index (κ3) is 3.89. The van der Waals surface area contributed by atoms with Gasteiger partial charge >= 0.3 is 0 Å². The Hall–Kier alpha value is -2.21. The molecule has 5 nitrogen and oxygen atoms in total. The van der Waals surface area contributed by atoms with Crippen LogP contribution in [-0.4, -0.2) is 19.8 Å². The number of para-hydroxylation sites is 1. The van der Waals surface area contributed by atoms with E-state index < -0.39 is 10.0 Å². The predicted molar refractivity (Wildman–Crippen MR) is 73.1 cm³/mol. The summed E-state index contributed by atoms with van der Waals surface area (Å²) in [6.45, 7) is 0. The number of rotatable bonds is 4. The number of ether oxygens (including phenoxy) is 1. The first-order valence-electron chi connectivity index (χ1n) is 5.48. The molecule has 0 bridgehead atoms. The lowest BCUT2D eigenvalue weighted by Gasteiger charge is -2.12. The molecule has 0 aromatic heterocycles. The van der Waals surface area contributed by atoms with Gasteiger partial charge in [-0.1, -0.05) is 18.2 Å². The van der Waals surface area contributed by atoms with Crippen molar-refractivity contribution in [2.45, 2.75) is 0 Å². The van der Waals surface area contributed by atoms with Crippen LogP contribution in [0, 0.1) is 0 Å². The molecule has 0 unspecified atom stereocenters. The van der Waals surface area contributed by atoms with Gasteiger partial charge in [0.05, 0.1) is 11.9 Å². The fourth-order valence-electron chi connectivity index (χ4n) is 1.50. The van der Waals surface area contributed by atoms with Crippen molar-refractivity contribution in [2.24, 2.45) is 0 Å². The number of phenols is 1. The highest BCUT2D eigenvalue weighted by atomic mass is 32.2. The number of aromatic hydroxyl groups is 1. The smallest absolute Gasteiger partial charge is 0.229 e. The predicted octanol–water partition coefficient (Wildman–Crippen LogP) is 2.56. The zero-order chi connectivity index (χ0) is 13.9. The minimum Gasteiger partial charge on any atom is -0.508 e. The normalized spacial score (nSPS) is 11.0. The lowest BCUT2D eigenvalue weighted by molar-refractivity contribution is 0.466. The van der Waals surface area contributed by atoms with E-state index in [0.29, 0.717) is 11.5 Å². The fraction of sp³-hybridized carbons (Fsp3) is 0.0769. The van der Waals surface area contributed by atoms with Gasteiger partial charge in [0.1, 0.15) is 11.5 Å².